The van der Waals surface area contributed by atoms with Gasteiger partial charge in [0.2, 0.25) is 0 Å². The Balaban J connectivity index is 2.04. The number of piperazine rings is 1. The number of aromatic nitrogens is 3. The van der Waals surface area contributed by atoms with E-state index in [0.29, 0.717) is 6.04 Å². The number of nitrogens with one attached hydrogen (secondary N) is 1. The molecule has 0 radical (unpaired) electrons. The van der Waals surface area contributed by atoms with Gasteiger partial charge in [-0.15, -0.1) is 0 Å². The number of rotatable bonds is 1. The van der Waals surface area contributed by atoms with Crippen LogP contribution in [-0.4, -0.2) is 40.6 Å². The van der Waals surface area contributed by atoms with Crippen molar-refractivity contribution in [2.75, 3.05) is 24.5 Å². The van der Waals surface area contributed by atoms with E-state index in [-0.39, 0.29) is 0 Å². The molecule has 3 rings (SSSR count). The van der Waals surface area contributed by atoms with Crippen molar-refractivity contribution < 1.29 is 0 Å². The minimum absolute atomic E-state index is 0.491. The Morgan fingerprint density at radius 2 is 2.29 bits per heavy atom. The van der Waals surface area contributed by atoms with E-state index < -0.39 is 0 Å². The lowest BCUT2D eigenvalue weighted by atomic mass is 10.2. The molecule has 1 fully saturated rings. The third-order valence-electron chi connectivity index (χ3n) is 3.06. The van der Waals surface area contributed by atoms with Gasteiger partial charge >= 0.3 is 0 Å². The minimum Gasteiger partial charge on any atom is -0.353 e. The zero-order valence-corrected chi connectivity index (χ0v) is 9.80. The van der Waals surface area contributed by atoms with Crippen LogP contribution in [0.5, 0.6) is 0 Å². The second-order valence-corrected chi connectivity index (χ2v) is 4.37. The smallest absolute Gasteiger partial charge is 0.164 e. The molecule has 2 aromatic rings. The van der Waals surface area contributed by atoms with E-state index in [1.165, 1.54) is 0 Å². The molecule has 1 N–H and O–H groups in total. The van der Waals surface area contributed by atoms with Gasteiger partial charge in [0.25, 0.3) is 0 Å². The van der Waals surface area contributed by atoms with Crippen molar-refractivity contribution in [3.63, 3.8) is 0 Å². The van der Waals surface area contributed by atoms with Gasteiger partial charge in [-0.3, -0.25) is 0 Å². The van der Waals surface area contributed by atoms with E-state index in [1.54, 1.807) is 12.5 Å². The van der Waals surface area contributed by atoms with Gasteiger partial charge in [0.05, 0.1) is 5.39 Å². The van der Waals surface area contributed by atoms with Gasteiger partial charge in [-0.25, -0.2) is 15.0 Å². The van der Waals surface area contributed by atoms with Crippen molar-refractivity contribution in [2.45, 2.75) is 13.0 Å². The SMILES string of the molecule is CC1CN(c2ncnc3ncccc23)CCN1. The highest BCUT2D eigenvalue weighted by molar-refractivity contribution is 5.86. The van der Waals surface area contributed by atoms with Gasteiger partial charge in [0.1, 0.15) is 12.1 Å². The van der Waals surface area contributed by atoms with Crippen LogP contribution in [0.3, 0.4) is 0 Å². The molecule has 5 nitrogen and oxygen atoms in total. The second kappa shape index (κ2) is 4.25. The molecule has 0 aliphatic carbocycles. The lowest BCUT2D eigenvalue weighted by molar-refractivity contribution is 0.483. The summed E-state index contributed by atoms with van der Waals surface area (Å²) in [4.78, 5) is 15.2. The van der Waals surface area contributed by atoms with Crippen molar-refractivity contribution in [1.82, 2.24) is 20.3 Å². The molecule has 1 aliphatic rings. The summed E-state index contributed by atoms with van der Waals surface area (Å²) < 4.78 is 0. The van der Waals surface area contributed by atoms with Gasteiger partial charge in [-0.1, -0.05) is 0 Å². The number of anilines is 1. The highest BCUT2D eigenvalue weighted by atomic mass is 15.2. The molecule has 1 unspecified atom stereocenters. The number of hydrogen-bond acceptors (Lipinski definition) is 5. The first-order chi connectivity index (χ1) is 8.34. The largest absolute Gasteiger partial charge is 0.353 e. The summed E-state index contributed by atoms with van der Waals surface area (Å²) in [5, 5.41) is 4.46. The summed E-state index contributed by atoms with van der Waals surface area (Å²) >= 11 is 0. The van der Waals surface area contributed by atoms with E-state index in [2.05, 4.69) is 32.1 Å². The Morgan fingerprint density at radius 3 is 3.18 bits per heavy atom. The summed E-state index contributed by atoms with van der Waals surface area (Å²) in [5.41, 5.74) is 0.767. The van der Waals surface area contributed by atoms with Crippen LogP contribution in [0, 0.1) is 0 Å². The standard InChI is InChI=1S/C12H15N5/c1-9-7-17(6-5-13-9)12-10-3-2-4-14-11(10)15-8-16-12/h2-4,8-9,13H,5-7H2,1H3. The van der Waals surface area contributed by atoms with Gasteiger partial charge in [0, 0.05) is 31.9 Å². The van der Waals surface area contributed by atoms with Crippen molar-refractivity contribution in [3.8, 4) is 0 Å². The lowest BCUT2D eigenvalue weighted by Crippen LogP contribution is -2.49. The van der Waals surface area contributed by atoms with Gasteiger partial charge in [0.15, 0.2) is 5.65 Å². The fraction of sp³-hybridized carbons (Fsp3) is 0.417. The molecule has 17 heavy (non-hydrogen) atoms. The van der Waals surface area contributed by atoms with Crippen LogP contribution >= 0.6 is 0 Å². The maximum atomic E-state index is 4.41. The van der Waals surface area contributed by atoms with Crippen molar-refractivity contribution >= 4 is 16.9 Å². The van der Waals surface area contributed by atoms with E-state index in [9.17, 15) is 0 Å². The average Bonchev–Trinajstić information content (AvgIpc) is 2.38. The Morgan fingerprint density at radius 1 is 1.35 bits per heavy atom. The fourth-order valence-corrected chi connectivity index (χ4v) is 2.26. The number of pyridine rings is 1. The zero-order chi connectivity index (χ0) is 11.7. The van der Waals surface area contributed by atoms with Crippen LogP contribution in [0.1, 0.15) is 6.92 Å². The maximum Gasteiger partial charge on any atom is 0.164 e. The normalized spacial score (nSPS) is 20.8. The number of nitrogens with zero attached hydrogens (tertiary/aromatic N) is 4. The maximum absolute atomic E-state index is 4.41. The fourth-order valence-electron chi connectivity index (χ4n) is 2.26. The Hall–Kier alpha value is -1.75. The number of fused-ring (bicyclic) bond motifs is 1. The van der Waals surface area contributed by atoms with E-state index >= 15 is 0 Å². The Labute approximate surface area is 99.9 Å². The molecule has 1 saturated heterocycles. The van der Waals surface area contributed by atoms with Crippen LogP contribution in [0.2, 0.25) is 0 Å². The van der Waals surface area contributed by atoms with Crippen molar-refractivity contribution in [2.24, 2.45) is 0 Å². The van der Waals surface area contributed by atoms with E-state index in [1.807, 2.05) is 12.1 Å². The monoisotopic (exact) mass is 229 g/mol. The first-order valence-electron chi connectivity index (χ1n) is 5.88. The quantitative estimate of drug-likeness (QED) is 0.784. The summed E-state index contributed by atoms with van der Waals surface area (Å²) in [5.74, 6) is 0.997. The second-order valence-electron chi connectivity index (χ2n) is 4.37. The molecule has 0 bridgehead atoms. The van der Waals surface area contributed by atoms with Gasteiger partial charge in [-0.2, -0.15) is 0 Å². The molecule has 3 heterocycles. The van der Waals surface area contributed by atoms with Crippen LogP contribution in [0.15, 0.2) is 24.7 Å². The third kappa shape index (κ3) is 1.93. The van der Waals surface area contributed by atoms with Crippen LogP contribution in [0.4, 0.5) is 5.82 Å². The average molecular weight is 229 g/mol. The van der Waals surface area contributed by atoms with Crippen LogP contribution in [-0.2, 0) is 0 Å². The number of hydrogen-bond donors (Lipinski definition) is 1. The summed E-state index contributed by atoms with van der Waals surface area (Å²) in [6.45, 7) is 5.13. The summed E-state index contributed by atoms with van der Waals surface area (Å²) in [7, 11) is 0. The summed E-state index contributed by atoms with van der Waals surface area (Å²) in [6, 6.07) is 4.45. The highest BCUT2D eigenvalue weighted by Gasteiger charge is 2.18. The van der Waals surface area contributed by atoms with E-state index in [4.69, 9.17) is 0 Å². The predicted molar refractivity (Wildman–Crippen MR) is 67.0 cm³/mol. The van der Waals surface area contributed by atoms with Crippen LogP contribution < -0.4 is 10.2 Å². The molecule has 88 valence electrons. The lowest BCUT2D eigenvalue weighted by Gasteiger charge is -2.33. The molecule has 0 spiro atoms. The van der Waals surface area contributed by atoms with E-state index in [0.717, 1.165) is 36.5 Å². The zero-order valence-electron chi connectivity index (χ0n) is 9.80. The highest BCUT2D eigenvalue weighted by Crippen LogP contribution is 2.21. The Bertz CT molecular complexity index is 522. The molecule has 0 saturated carbocycles. The molecule has 1 aliphatic heterocycles. The summed E-state index contributed by atoms with van der Waals surface area (Å²) in [6.07, 6.45) is 3.36. The third-order valence-corrected chi connectivity index (χ3v) is 3.06. The first kappa shape index (κ1) is 10.4. The predicted octanol–water partition coefficient (Wildman–Crippen LogP) is 0.823. The topological polar surface area (TPSA) is 53.9 Å². The van der Waals surface area contributed by atoms with Gasteiger partial charge in [-0.05, 0) is 19.1 Å². The minimum atomic E-state index is 0.491. The van der Waals surface area contributed by atoms with Crippen LogP contribution in [0.25, 0.3) is 11.0 Å². The van der Waals surface area contributed by atoms with Gasteiger partial charge < -0.3 is 10.2 Å². The Kier molecular flexibility index (Phi) is 2.60. The molecule has 0 aromatic carbocycles. The molecular weight excluding hydrogens is 214 g/mol. The molecular formula is C12H15N5. The van der Waals surface area contributed by atoms with Crippen molar-refractivity contribution in [3.05, 3.63) is 24.7 Å². The molecule has 1 atom stereocenters. The first-order valence-corrected chi connectivity index (χ1v) is 5.88. The molecule has 2 aromatic heterocycles. The molecule has 5 heteroatoms. The van der Waals surface area contributed by atoms with Crippen molar-refractivity contribution in [1.29, 1.82) is 0 Å². The molecule has 0 amide bonds.